The van der Waals surface area contributed by atoms with Crippen LogP contribution in [0.25, 0.3) is 5.70 Å². The Morgan fingerprint density at radius 2 is 2.16 bits per heavy atom. The zero-order valence-corrected chi connectivity index (χ0v) is 19.5. The molecule has 1 amide bonds. The molecule has 0 saturated heterocycles. The number of amides is 1. The Kier molecular flexibility index (Phi) is 6.74. The summed E-state index contributed by atoms with van der Waals surface area (Å²) in [5.41, 5.74) is 10.1. The first-order valence-corrected chi connectivity index (χ1v) is 10.5. The summed E-state index contributed by atoms with van der Waals surface area (Å²) >= 11 is 3.43. The van der Waals surface area contributed by atoms with E-state index in [-0.39, 0.29) is 18.4 Å². The minimum Gasteiger partial charge on any atom is -0.494 e. The minimum atomic E-state index is -0.300. The van der Waals surface area contributed by atoms with Crippen molar-refractivity contribution in [3.8, 4) is 5.75 Å². The zero-order chi connectivity index (χ0) is 22.7. The largest absolute Gasteiger partial charge is 0.494 e. The van der Waals surface area contributed by atoms with E-state index < -0.39 is 0 Å². The van der Waals surface area contributed by atoms with Crippen molar-refractivity contribution in [1.82, 2.24) is 15.3 Å². The van der Waals surface area contributed by atoms with E-state index in [1.54, 1.807) is 20.2 Å². The van der Waals surface area contributed by atoms with Crippen molar-refractivity contribution in [2.75, 3.05) is 13.7 Å². The number of para-hydroxylation sites is 1. The monoisotopic (exact) mass is 484 g/mol. The summed E-state index contributed by atoms with van der Waals surface area (Å²) in [7, 11) is 1.57. The summed E-state index contributed by atoms with van der Waals surface area (Å²) in [6.45, 7) is 10.2. The van der Waals surface area contributed by atoms with Crippen LogP contribution >= 0.6 is 15.9 Å². The van der Waals surface area contributed by atoms with Crippen LogP contribution in [0.3, 0.4) is 0 Å². The first-order valence-electron chi connectivity index (χ1n) is 9.71. The standard InChI is InChI=1S/C22H25BrN6O2/c1-12(2)15-9-17(23)20(25-11-15)21(30)26-10-13(3)28-29-14(4)16-7-6-8-18(31-5)19(16)27-22(29)24/h6-9,11-12H,4,10H2,1-3,5H3,(H2,24,27)(H,26,30)/b28-13+. The van der Waals surface area contributed by atoms with Gasteiger partial charge in [0.2, 0.25) is 5.96 Å². The molecule has 0 unspecified atom stereocenters. The number of aliphatic imine (C=N–C) groups is 1. The van der Waals surface area contributed by atoms with Crippen LogP contribution in [0.4, 0.5) is 5.69 Å². The Balaban J connectivity index is 1.73. The van der Waals surface area contributed by atoms with Gasteiger partial charge < -0.3 is 15.8 Å². The van der Waals surface area contributed by atoms with Crippen molar-refractivity contribution in [1.29, 1.82) is 0 Å². The van der Waals surface area contributed by atoms with Gasteiger partial charge in [-0.25, -0.2) is 15.0 Å². The fourth-order valence-corrected chi connectivity index (χ4v) is 3.54. The number of nitrogens with zero attached hydrogens (tertiary/aromatic N) is 4. The van der Waals surface area contributed by atoms with Crippen LogP contribution in [0.1, 0.15) is 48.3 Å². The molecule has 1 aliphatic heterocycles. The summed E-state index contributed by atoms with van der Waals surface area (Å²) < 4.78 is 6.00. The van der Waals surface area contributed by atoms with Gasteiger partial charge in [0.1, 0.15) is 17.1 Å². The van der Waals surface area contributed by atoms with E-state index in [1.165, 1.54) is 5.01 Å². The molecule has 0 saturated carbocycles. The summed E-state index contributed by atoms with van der Waals surface area (Å²) in [5.74, 6) is 0.799. The first-order chi connectivity index (χ1) is 14.7. The zero-order valence-electron chi connectivity index (χ0n) is 17.9. The van der Waals surface area contributed by atoms with E-state index in [9.17, 15) is 4.79 Å². The molecule has 0 spiro atoms. The summed E-state index contributed by atoms with van der Waals surface area (Å²) in [6.07, 6.45) is 1.71. The number of nitrogens with one attached hydrogen (secondary N) is 1. The highest BCUT2D eigenvalue weighted by atomic mass is 79.9. The molecule has 3 N–H and O–H groups in total. The molecule has 3 rings (SSSR count). The van der Waals surface area contributed by atoms with Crippen LogP contribution in [0.5, 0.6) is 5.75 Å². The predicted molar refractivity (Wildman–Crippen MR) is 127 cm³/mol. The van der Waals surface area contributed by atoms with E-state index in [0.29, 0.717) is 38.9 Å². The third-order valence-corrected chi connectivity index (χ3v) is 5.35. The number of carbonyl (C=O) groups excluding carboxylic acids is 1. The third-order valence-electron chi connectivity index (χ3n) is 4.75. The van der Waals surface area contributed by atoms with Gasteiger partial charge in [-0.2, -0.15) is 5.10 Å². The molecule has 2 aromatic rings. The van der Waals surface area contributed by atoms with Crippen LogP contribution < -0.4 is 15.8 Å². The maximum Gasteiger partial charge on any atom is 0.271 e. The molecule has 0 aliphatic carbocycles. The normalized spacial score (nSPS) is 13.7. The van der Waals surface area contributed by atoms with Gasteiger partial charge in [0.25, 0.3) is 5.91 Å². The molecule has 0 radical (unpaired) electrons. The topological polar surface area (TPSA) is 105 Å². The third kappa shape index (κ3) is 4.77. The SMILES string of the molecule is C=C1c2cccc(OC)c2N=C(N)N1/N=C(\C)CNC(=O)c1ncc(C(C)C)cc1Br. The van der Waals surface area contributed by atoms with Gasteiger partial charge in [-0.15, -0.1) is 0 Å². The molecule has 0 fully saturated rings. The van der Waals surface area contributed by atoms with Crippen molar-refractivity contribution in [3.63, 3.8) is 0 Å². The van der Waals surface area contributed by atoms with Crippen LogP contribution in [0.2, 0.25) is 0 Å². The fraction of sp³-hybridized carbons (Fsp3) is 0.273. The van der Waals surface area contributed by atoms with Gasteiger partial charge in [-0.05, 0) is 46.5 Å². The lowest BCUT2D eigenvalue weighted by Crippen LogP contribution is -2.36. The molecule has 31 heavy (non-hydrogen) atoms. The van der Waals surface area contributed by atoms with E-state index in [0.717, 1.165) is 11.1 Å². The average molecular weight is 485 g/mol. The van der Waals surface area contributed by atoms with E-state index in [2.05, 4.69) is 56.8 Å². The lowest BCUT2D eigenvalue weighted by atomic mass is 10.1. The Labute approximate surface area is 190 Å². The number of hydrogen-bond acceptors (Lipinski definition) is 7. The lowest BCUT2D eigenvalue weighted by molar-refractivity contribution is 0.0953. The molecular formula is C22H25BrN6O2. The molecule has 1 aromatic carbocycles. The molecule has 9 heteroatoms. The lowest BCUT2D eigenvalue weighted by Gasteiger charge is -2.27. The number of aromatic nitrogens is 1. The van der Waals surface area contributed by atoms with Crippen LogP contribution in [-0.4, -0.2) is 41.2 Å². The molecular weight excluding hydrogens is 460 g/mol. The Bertz CT molecular complexity index is 1090. The number of ether oxygens (including phenoxy) is 1. The second-order valence-electron chi connectivity index (χ2n) is 7.36. The molecule has 0 atom stereocenters. The number of nitrogens with two attached hydrogens (primary N) is 1. The highest BCUT2D eigenvalue weighted by molar-refractivity contribution is 9.10. The smallest absolute Gasteiger partial charge is 0.271 e. The van der Waals surface area contributed by atoms with Crippen molar-refractivity contribution < 1.29 is 9.53 Å². The Hall–Kier alpha value is -3.20. The summed E-state index contributed by atoms with van der Waals surface area (Å²) in [5, 5.41) is 8.76. The second kappa shape index (κ2) is 9.30. The highest BCUT2D eigenvalue weighted by Crippen LogP contribution is 2.39. The van der Waals surface area contributed by atoms with Gasteiger partial charge in [0.05, 0.1) is 25.1 Å². The van der Waals surface area contributed by atoms with Crippen LogP contribution in [0, 0.1) is 0 Å². The van der Waals surface area contributed by atoms with Gasteiger partial charge in [0.15, 0.2) is 0 Å². The highest BCUT2D eigenvalue weighted by Gasteiger charge is 2.24. The van der Waals surface area contributed by atoms with Crippen molar-refractivity contribution in [2.45, 2.75) is 26.7 Å². The number of methoxy groups -OCH3 is 1. The number of hydrazone groups is 1. The number of hydrogen-bond donors (Lipinski definition) is 2. The second-order valence-corrected chi connectivity index (χ2v) is 8.21. The van der Waals surface area contributed by atoms with Gasteiger partial charge >= 0.3 is 0 Å². The fourth-order valence-electron chi connectivity index (χ4n) is 2.99. The number of fused-ring (bicyclic) bond motifs is 1. The summed E-state index contributed by atoms with van der Waals surface area (Å²) in [4.78, 5) is 21.2. The number of pyridine rings is 1. The maximum atomic E-state index is 12.6. The number of rotatable bonds is 6. The molecule has 0 bridgehead atoms. The van der Waals surface area contributed by atoms with Crippen LogP contribution in [0.15, 0.2) is 51.6 Å². The molecule has 8 nitrogen and oxygen atoms in total. The van der Waals surface area contributed by atoms with Crippen molar-refractivity contribution in [2.24, 2.45) is 15.8 Å². The van der Waals surface area contributed by atoms with Gasteiger partial charge in [0, 0.05) is 16.2 Å². The number of carbonyl (C=O) groups is 1. The quantitative estimate of drug-likeness (QED) is 0.602. The Morgan fingerprint density at radius 1 is 1.42 bits per heavy atom. The molecule has 1 aromatic heterocycles. The number of guanidine groups is 1. The molecule has 1 aliphatic rings. The molecule has 162 valence electrons. The number of benzene rings is 1. The average Bonchev–Trinajstić information content (AvgIpc) is 2.74. The predicted octanol–water partition coefficient (Wildman–Crippen LogP) is 4.01. The number of halogens is 1. The summed E-state index contributed by atoms with van der Waals surface area (Å²) in [6, 6.07) is 7.45. The maximum absolute atomic E-state index is 12.6. The minimum absolute atomic E-state index is 0.168. The van der Waals surface area contributed by atoms with Gasteiger partial charge in [-0.3, -0.25) is 4.79 Å². The van der Waals surface area contributed by atoms with E-state index in [4.69, 9.17) is 10.5 Å². The van der Waals surface area contributed by atoms with E-state index in [1.807, 2.05) is 24.3 Å². The first kappa shape index (κ1) is 22.5. The Morgan fingerprint density at radius 3 is 2.81 bits per heavy atom. The molecule has 2 heterocycles. The van der Waals surface area contributed by atoms with Crippen LogP contribution in [-0.2, 0) is 0 Å². The van der Waals surface area contributed by atoms with E-state index >= 15 is 0 Å². The van der Waals surface area contributed by atoms with Gasteiger partial charge in [-0.1, -0.05) is 32.6 Å². The van der Waals surface area contributed by atoms with Crippen molar-refractivity contribution >= 4 is 44.9 Å². The van der Waals surface area contributed by atoms with Crippen molar-refractivity contribution in [3.05, 3.63) is 58.3 Å².